The van der Waals surface area contributed by atoms with Gasteiger partial charge in [-0.1, -0.05) is 12.1 Å². The third-order valence-electron chi connectivity index (χ3n) is 2.97. The van der Waals surface area contributed by atoms with Crippen LogP contribution in [-0.4, -0.2) is 20.1 Å². The number of nitrogens with one attached hydrogen (secondary N) is 1. The quantitative estimate of drug-likeness (QED) is 0.820. The van der Waals surface area contributed by atoms with Gasteiger partial charge in [0.1, 0.15) is 0 Å². The second-order valence-corrected chi connectivity index (χ2v) is 6.31. The summed E-state index contributed by atoms with van der Waals surface area (Å²) in [6, 6.07) is 11.5. The number of primary amides is 1. The van der Waals surface area contributed by atoms with E-state index in [9.17, 15) is 18.0 Å². The molecule has 7 heteroatoms. The van der Waals surface area contributed by atoms with Crippen LogP contribution in [0.4, 0.5) is 5.69 Å². The minimum atomic E-state index is -3.82. The van der Waals surface area contributed by atoms with Gasteiger partial charge in [-0.05, 0) is 43.3 Å². The van der Waals surface area contributed by atoms with Crippen LogP contribution in [-0.2, 0) is 10.0 Å². The molecule has 0 aliphatic rings. The Morgan fingerprint density at radius 3 is 2.18 bits per heavy atom. The molecule has 0 spiro atoms. The van der Waals surface area contributed by atoms with Crippen LogP contribution in [0.3, 0.4) is 0 Å². The molecule has 2 aromatic carbocycles. The fraction of sp³-hybridized carbons (Fsp3) is 0.0667. The number of hydrogen-bond donors (Lipinski definition) is 2. The zero-order chi connectivity index (χ0) is 16.3. The number of sulfonamides is 1. The van der Waals surface area contributed by atoms with Crippen molar-refractivity contribution in [3.63, 3.8) is 0 Å². The van der Waals surface area contributed by atoms with Crippen molar-refractivity contribution >= 4 is 27.4 Å². The van der Waals surface area contributed by atoms with Crippen LogP contribution in [0.1, 0.15) is 27.6 Å². The molecular weight excluding hydrogens is 304 g/mol. The maximum absolute atomic E-state index is 12.3. The first-order valence-electron chi connectivity index (χ1n) is 6.33. The molecule has 2 aromatic rings. The van der Waals surface area contributed by atoms with Crippen LogP contribution >= 0.6 is 0 Å². The summed E-state index contributed by atoms with van der Waals surface area (Å²) in [6.07, 6.45) is 0. The average Bonchev–Trinajstić information content (AvgIpc) is 2.47. The summed E-state index contributed by atoms with van der Waals surface area (Å²) in [5.74, 6) is -0.813. The molecule has 2 rings (SSSR count). The zero-order valence-corrected chi connectivity index (χ0v) is 12.6. The lowest BCUT2D eigenvalue weighted by molar-refractivity contribution is 0.0996. The lowest BCUT2D eigenvalue weighted by Gasteiger charge is -2.09. The van der Waals surface area contributed by atoms with Crippen LogP contribution < -0.4 is 10.5 Å². The Hall–Kier alpha value is -2.67. The lowest BCUT2D eigenvalue weighted by Crippen LogP contribution is -2.14. The molecule has 3 N–H and O–H groups in total. The number of hydrogen-bond acceptors (Lipinski definition) is 4. The van der Waals surface area contributed by atoms with Crippen molar-refractivity contribution in [2.24, 2.45) is 5.73 Å². The highest BCUT2D eigenvalue weighted by Crippen LogP contribution is 2.18. The van der Waals surface area contributed by atoms with Crippen molar-refractivity contribution in [3.05, 3.63) is 59.7 Å². The molecule has 0 saturated heterocycles. The number of Topliss-reactive ketones (excluding diaryl/α,β-unsaturated/α-hetero) is 1. The molecule has 0 heterocycles. The Bertz CT molecular complexity index is 827. The lowest BCUT2D eigenvalue weighted by atomic mass is 10.2. The maximum atomic E-state index is 12.3. The van der Waals surface area contributed by atoms with E-state index in [1.165, 1.54) is 49.4 Å². The van der Waals surface area contributed by atoms with E-state index in [0.29, 0.717) is 11.3 Å². The molecule has 0 aliphatic heterocycles. The zero-order valence-electron chi connectivity index (χ0n) is 11.7. The van der Waals surface area contributed by atoms with Crippen molar-refractivity contribution in [1.82, 2.24) is 0 Å². The summed E-state index contributed by atoms with van der Waals surface area (Å²) in [5.41, 5.74) is 6.00. The molecule has 0 aromatic heterocycles. The molecule has 0 atom stereocenters. The Kier molecular flexibility index (Phi) is 4.27. The van der Waals surface area contributed by atoms with Gasteiger partial charge in [-0.15, -0.1) is 0 Å². The minimum absolute atomic E-state index is 0.0147. The molecule has 0 unspecified atom stereocenters. The van der Waals surface area contributed by atoms with E-state index in [2.05, 4.69) is 4.72 Å². The Morgan fingerprint density at radius 2 is 1.64 bits per heavy atom. The smallest absolute Gasteiger partial charge is 0.261 e. The minimum Gasteiger partial charge on any atom is -0.366 e. The predicted molar refractivity (Wildman–Crippen MR) is 82.2 cm³/mol. The monoisotopic (exact) mass is 318 g/mol. The van der Waals surface area contributed by atoms with Gasteiger partial charge >= 0.3 is 0 Å². The summed E-state index contributed by atoms with van der Waals surface area (Å²) in [4.78, 5) is 22.3. The van der Waals surface area contributed by atoms with Gasteiger partial charge in [0, 0.05) is 16.8 Å². The van der Waals surface area contributed by atoms with Crippen molar-refractivity contribution in [2.45, 2.75) is 11.8 Å². The fourth-order valence-electron chi connectivity index (χ4n) is 1.80. The molecular formula is C15H14N2O4S. The van der Waals surface area contributed by atoms with Crippen molar-refractivity contribution in [1.29, 1.82) is 0 Å². The molecule has 0 bridgehead atoms. The number of carbonyl (C=O) groups is 2. The van der Waals surface area contributed by atoms with Gasteiger partial charge in [-0.25, -0.2) is 8.42 Å². The van der Waals surface area contributed by atoms with Crippen molar-refractivity contribution in [2.75, 3.05) is 4.72 Å². The van der Waals surface area contributed by atoms with Crippen LogP contribution in [0.2, 0.25) is 0 Å². The van der Waals surface area contributed by atoms with Crippen LogP contribution in [0.5, 0.6) is 0 Å². The Morgan fingerprint density at radius 1 is 1.00 bits per heavy atom. The molecule has 1 amide bonds. The third kappa shape index (κ3) is 3.50. The first-order chi connectivity index (χ1) is 10.3. The maximum Gasteiger partial charge on any atom is 0.261 e. The van der Waals surface area contributed by atoms with E-state index in [0.717, 1.165) is 0 Å². The number of anilines is 1. The van der Waals surface area contributed by atoms with Gasteiger partial charge in [0.25, 0.3) is 10.0 Å². The molecule has 0 saturated carbocycles. The number of carbonyl (C=O) groups excluding carboxylic acids is 2. The normalized spacial score (nSPS) is 11.0. The summed E-state index contributed by atoms with van der Waals surface area (Å²) in [5, 5.41) is 0. The average molecular weight is 318 g/mol. The molecule has 0 aliphatic carbocycles. The van der Waals surface area contributed by atoms with Crippen LogP contribution in [0, 0.1) is 0 Å². The van der Waals surface area contributed by atoms with E-state index >= 15 is 0 Å². The Labute approximate surface area is 128 Å². The second-order valence-electron chi connectivity index (χ2n) is 4.63. The summed E-state index contributed by atoms with van der Waals surface area (Å²) >= 11 is 0. The number of ketones is 1. The first-order valence-corrected chi connectivity index (χ1v) is 7.81. The van der Waals surface area contributed by atoms with E-state index in [1.54, 1.807) is 6.07 Å². The molecule has 0 radical (unpaired) electrons. The summed E-state index contributed by atoms with van der Waals surface area (Å²) in [6.45, 7) is 1.36. The molecule has 114 valence electrons. The van der Waals surface area contributed by atoms with Crippen molar-refractivity contribution < 1.29 is 18.0 Å². The second kappa shape index (κ2) is 5.98. The third-order valence-corrected chi connectivity index (χ3v) is 4.35. The highest BCUT2D eigenvalue weighted by Gasteiger charge is 2.15. The topological polar surface area (TPSA) is 106 Å². The SMILES string of the molecule is CC(=O)c1cccc(S(=O)(=O)Nc2ccc(C(N)=O)cc2)c1. The van der Waals surface area contributed by atoms with E-state index < -0.39 is 15.9 Å². The van der Waals surface area contributed by atoms with Gasteiger partial charge in [0.05, 0.1) is 4.90 Å². The van der Waals surface area contributed by atoms with E-state index in [-0.39, 0.29) is 16.2 Å². The number of benzene rings is 2. The largest absolute Gasteiger partial charge is 0.366 e. The Balaban J connectivity index is 2.29. The van der Waals surface area contributed by atoms with Crippen LogP contribution in [0.15, 0.2) is 53.4 Å². The molecule has 0 fully saturated rings. The number of rotatable bonds is 5. The van der Waals surface area contributed by atoms with Crippen molar-refractivity contribution in [3.8, 4) is 0 Å². The molecule has 22 heavy (non-hydrogen) atoms. The van der Waals surface area contributed by atoms with E-state index in [4.69, 9.17) is 5.73 Å². The summed E-state index contributed by atoms with van der Waals surface area (Å²) in [7, 11) is -3.82. The fourth-order valence-corrected chi connectivity index (χ4v) is 2.90. The number of amides is 1. The highest BCUT2D eigenvalue weighted by atomic mass is 32.2. The van der Waals surface area contributed by atoms with Gasteiger partial charge < -0.3 is 5.73 Å². The standard InChI is InChI=1S/C15H14N2O4S/c1-10(18)12-3-2-4-14(9-12)22(20,21)17-13-7-5-11(6-8-13)15(16)19/h2-9,17H,1H3,(H2,16,19). The molecule has 6 nitrogen and oxygen atoms in total. The summed E-state index contributed by atoms with van der Waals surface area (Å²) < 4.78 is 26.9. The number of nitrogens with two attached hydrogens (primary N) is 1. The van der Waals surface area contributed by atoms with Gasteiger partial charge in [0.2, 0.25) is 5.91 Å². The van der Waals surface area contributed by atoms with Gasteiger partial charge in [-0.2, -0.15) is 0 Å². The van der Waals surface area contributed by atoms with E-state index in [1.807, 2.05) is 0 Å². The van der Waals surface area contributed by atoms with Crippen LogP contribution in [0.25, 0.3) is 0 Å². The van der Waals surface area contributed by atoms with Gasteiger partial charge in [-0.3, -0.25) is 14.3 Å². The van der Waals surface area contributed by atoms with Gasteiger partial charge in [0.15, 0.2) is 5.78 Å². The highest BCUT2D eigenvalue weighted by molar-refractivity contribution is 7.92. The first kappa shape index (κ1) is 15.7. The predicted octanol–water partition coefficient (Wildman–Crippen LogP) is 1.79.